The van der Waals surface area contributed by atoms with Crippen molar-refractivity contribution in [3.05, 3.63) is 47.5 Å². The molecule has 2 atom stereocenters. The SMILES string of the molecule is CC(C(=O)N1CCC(C(O)c2ccc(Cl)cc2)CC1)n1cncn1. The van der Waals surface area contributed by atoms with E-state index in [0.717, 1.165) is 18.4 Å². The van der Waals surface area contributed by atoms with E-state index in [9.17, 15) is 9.90 Å². The Kier molecular flexibility index (Phi) is 5.16. The summed E-state index contributed by atoms with van der Waals surface area (Å²) in [4.78, 5) is 18.3. The predicted octanol–water partition coefficient (Wildman–Crippen LogP) is 2.46. The van der Waals surface area contributed by atoms with Gasteiger partial charge in [0.15, 0.2) is 0 Å². The average Bonchev–Trinajstić information content (AvgIpc) is 3.15. The van der Waals surface area contributed by atoms with Crippen LogP contribution in [0.2, 0.25) is 5.02 Å². The van der Waals surface area contributed by atoms with E-state index in [4.69, 9.17) is 11.6 Å². The number of carbonyl (C=O) groups is 1. The van der Waals surface area contributed by atoms with Crippen molar-refractivity contribution in [3.8, 4) is 0 Å². The van der Waals surface area contributed by atoms with Gasteiger partial charge in [0.2, 0.25) is 5.91 Å². The Bertz CT molecular complexity index is 666. The average molecular weight is 349 g/mol. The summed E-state index contributed by atoms with van der Waals surface area (Å²) in [5.41, 5.74) is 0.875. The van der Waals surface area contributed by atoms with Crippen LogP contribution in [0.15, 0.2) is 36.9 Å². The van der Waals surface area contributed by atoms with E-state index in [-0.39, 0.29) is 17.9 Å². The highest BCUT2D eigenvalue weighted by molar-refractivity contribution is 6.30. The second-order valence-corrected chi connectivity index (χ2v) is 6.65. The van der Waals surface area contributed by atoms with Gasteiger partial charge >= 0.3 is 0 Å². The number of amides is 1. The van der Waals surface area contributed by atoms with Gasteiger partial charge in [0.25, 0.3) is 0 Å². The van der Waals surface area contributed by atoms with Crippen LogP contribution < -0.4 is 0 Å². The molecule has 6 nitrogen and oxygen atoms in total. The normalized spacial score (nSPS) is 18.4. The highest BCUT2D eigenvalue weighted by Crippen LogP contribution is 2.31. The standard InChI is InChI=1S/C17H21ClN4O2/c1-12(22-11-19-10-20-22)17(24)21-8-6-14(7-9-21)16(23)13-2-4-15(18)5-3-13/h2-5,10-12,14,16,23H,6-9H2,1H3. The quantitative estimate of drug-likeness (QED) is 0.921. The monoisotopic (exact) mass is 348 g/mol. The molecule has 2 heterocycles. The highest BCUT2D eigenvalue weighted by atomic mass is 35.5. The fourth-order valence-corrected chi connectivity index (χ4v) is 3.29. The fraction of sp³-hybridized carbons (Fsp3) is 0.471. The first-order valence-corrected chi connectivity index (χ1v) is 8.50. The molecule has 2 aromatic rings. The van der Waals surface area contributed by atoms with Crippen LogP contribution in [0.25, 0.3) is 0 Å². The lowest BCUT2D eigenvalue weighted by atomic mass is 9.87. The first kappa shape index (κ1) is 16.9. The molecule has 1 saturated heterocycles. The Morgan fingerprint density at radius 1 is 1.29 bits per heavy atom. The summed E-state index contributed by atoms with van der Waals surface area (Å²) in [5.74, 6) is 0.192. The number of rotatable bonds is 4. The molecule has 0 bridgehead atoms. The molecule has 1 aromatic carbocycles. The number of benzene rings is 1. The maximum atomic E-state index is 12.5. The summed E-state index contributed by atoms with van der Waals surface area (Å²) < 4.78 is 1.57. The Hall–Kier alpha value is -1.92. The van der Waals surface area contributed by atoms with E-state index >= 15 is 0 Å². The third kappa shape index (κ3) is 3.60. The number of likely N-dealkylation sites (tertiary alicyclic amines) is 1. The number of halogens is 1. The van der Waals surface area contributed by atoms with Crippen LogP contribution in [-0.4, -0.2) is 43.8 Å². The number of aromatic nitrogens is 3. The number of aliphatic hydroxyl groups excluding tert-OH is 1. The topological polar surface area (TPSA) is 71.2 Å². The van der Waals surface area contributed by atoms with Crippen molar-refractivity contribution in [3.63, 3.8) is 0 Å². The summed E-state index contributed by atoms with van der Waals surface area (Å²) in [6.45, 7) is 3.12. The molecule has 24 heavy (non-hydrogen) atoms. The molecule has 0 spiro atoms. The zero-order valence-electron chi connectivity index (χ0n) is 13.5. The maximum absolute atomic E-state index is 12.5. The Morgan fingerprint density at radius 3 is 2.54 bits per heavy atom. The van der Waals surface area contributed by atoms with E-state index < -0.39 is 6.10 Å². The van der Waals surface area contributed by atoms with Crippen LogP contribution in [0.3, 0.4) is 0 Å². The smallest absolute Gasteiger partial charge is 0.247 e. The summed E-state index contributed by atoms with van der Waals surface area (Å²) in [5, 5.41) is 15.2. The van der Waals surface area contributed by atoms with Gasteiger partial charge in [-0.25, -0.2) is 9.67 Å². The maximum Gasteiger partial charge on any atom is 0.247 e. The van der Waals surface area contributed by atoms with Crippen molar-refractivity contribution >= 4 is 17.5 Å². The van der Waals surface area contributed by atoms with Crippen molar-refractivity contribution in [2.24, 2.45) is 5.92 Å². The van der Waals surface area contributed by atoms with Gasteiger partial charge in [0, 0.05) is 18.1 Å². The molecule has 2 unspecified atom stereocenters. The minimum atomic E-state index is -0.521. The number of hydrogen-bond acceptors (Lipinski definition) is 4. The molecule has 1 aromatic heterocycles. The van der Waals surface area contributed by atoms with E-state index in [2.05, 4.69) is 10.1 Å². The summed E-state index contributed by atoms with van der Waals surface area (Å²) >= 11 is 5.89. The zero-order chi connectivity index (χ0) is 17.1. The van der Waals surface area contributed by atoms with Crippen molar-refractivity contribution in [1.82, 2.24) is 19.7 Å². The lowest BCUT2D eigenvalue weighted by molar-refractivity contribution is -0.136. The van der Waals surface area contributed by atoms with Crippen molar-refractivity contribution in [1.29, 1.82) is 0 Å². The van der Waals surface area contributed by atoms with Gasteiger partial charge in [-0.05, 0) is 43.4 Å². The third-order valence-electron chi connectivity index (χ3n) is 4.70. The van der Waals surface area contributed by atoms with Gasteiger partial charge in [-0.2, -0.15) is 5.10 Å². The lowest BCUT2D eigenvalue weighted by Gasteiger charge is -2.35. The summed E-state index contributed by atoms with van der Waals surface area (Å²) in [6.07, 6.45) is 4.02. The molecule has 7 heteroatoms. The van der Waals surface area contributed by atoms with Gasteiger partial charge in [0.05, 0.1) is 6.10 Å². The molecule has 3 rings (SSSR count). The minimum absolute atomic E-state index is 0.0416. The van der Waals surface area contributed by atoms with E-state index in [1.165, 1.54) is 6.33 Å². The van der Waals surface area contributed by atoms with Crippen molar-refractivity contribution in [2.75, 3.05) is 13.1 Å². The molecule has 1 aliphatic heterocycles. The first-order valence-electron chi connectivity index (χ1n) is 8.12. The summed E-state index contributed by atoms with van der Waals surface area (Å²) in [7, 11) is 0. The molecule has 1 fully saturated rings. The molecular formula is C17H21ClN4O2. The molecule has 0 saturated carbocycles. The highest BCUT2D eigenvalue weighted by Gasteiger charge is 2.30. The molecular weight excluding hydrogens is 328 g/mol. The van der Waals surface area contributed by atoms with Gasteiger partial charge in [-0.15, -0.1) is 0 Å². The van der Waals surface area contributed by atoms with Crippen LogP contribution >= 0.6 is 11.6 Å². The van der Waals surface area contributed by atoms with Gasteiger partial charge in [-0.1, -0.05) is 23.7 Å². The number of carbonyl (C=O) groups excluding carboxylic acids is 1. The fourth-order valence-electron chi connectivity index (χ4n) is 3.16. The number of aliphatic hydroxyl groups is 1. The largest absolute Gasteiger partial charge is 0.388 e. The Labute approximate surface area is 146 Å². The van der Waals surface area contributed by atoms with E-state index in [1.54, 1.807) is 23.1 Å². The van der Waals surface area contributed by atoms with Crippen LogP contribution in [0.5, 0.6) is 0 Å². The van der Waals surface area contributed by atoms with Crippen LogP contribution in [0, 0.1) is 5.92 Å². The molecule has 1 N–H and O–H groups in total. The molecule has 0 radical (unpaired) electrons. The van der Waals surface area contributed by atoms with Crippen molar-refractivity contribution in [2.45, 2.75) is 31.9 Å². The van der Waals surface area contributed by atoms with Crippen LogP contribution in [0.4, 0.5) is 0 Å². The number of piperidine rings is 1. The number of hydrogen-bond donors (Lipinski definition) is 1. The van der Waals surface area contributed by atoms with Crippen LogP contribution in [-0.2, 0) is 4.79 Å². The summed E-state index contributed by atoms with van der Waals surface area (Å²) in [6, 6.07) is 6.94. The predicted molar refractivity (Wildman–Crippen MR) is 90.4 cm³/mol. The molecule has 1 aliphatic rings. The number of nitrogens with zero attached hydrogens (tertiary/aromatic N) is 4. The Balaban J connectivity index is 1.57. The van der Waals surface area contributed by atoms with E-state index in [0.29, 0.717) is 18.1 Å². The van der Waals surface area contributed by atoms with E-state index in [1.807, 2.05) is 24.0 Å². The minimum Gasteiger partial charge on any atom is -0.388 e. The molecule has 0 aliphatic carbocycles. The van der Waals surface area contributed by atoms with Crippen LogP contribution in [0.1, 0.15) is 37.5 Å². The molecule has 1 amide bonds. The van der Waals surface area contributed by atoms with Crippen molar-refractivity contribution < 1.29 is 9.90 Å². The third-order valence-corrected chi connectivity index (χ3v) is 4.95. The lowest BCUT2D eigenvalue weighted by Crippen LogP contribution is -2.42. The van der Waals surface area contributed by atoms with Gasteiger partial charge in [-0.3, -0.25) is 4.79 Å². The second-order valence-electron chi connectivity index (χ2n) is 6.21. The second kappa shape index (κ2) is 7.32. The Morgan fingerprint density at radius 2 is 1.96 bits per heavy atom. The first-order chi connectivity index (χ1) is 11.6. The molecule has 128 valence electrons. The zero-order valence-corrected chi connectivity index (χ0v) is 14.3. The van der Waals surface area contributed by atoms with Gasteiger partial charge in [0.1, 0.15) is 18.7 Å². The van der Waals surface area contributed by atoms with Gasteiger partial charge < -0.3 is 10.0 Å².